The third kappa shape index (κ3) is 7.00. The molecule has 0 aromatic heterocycles. The number of hydrogen-bond donors (Lipinski definition) is 1. The van der Waals surface area contributed by atoms with Crippen molar-refractivity contribution in [1.82, 2.24) is 0 Å². The van der Waals surface area contributed by atoms with Crippen LogP contribution in [0.5, 0.6) is 0 Å². The van der Waals surface area contributed by atoms with Crippen molar-refractivity contribution >= 4 is 0 Å². The molecule has 0 bridgehead atoms. The zero-order chi connectivity index (χ0) is 14.2. The van der Waals surface area contributed by atoms with E-state index in [-0.39, 0.29) is 5.41 Å². The van der Waals surface area contributed by atoms with E-state index < -0.39 is 0 Å². The largest absolute Gasteiger partial charge is 0.330 e. The van der Waals surface area contributed by atoms with E-state index in [0.717, 1.165) is 25.3 Å². The minimum atomic E-state index is 0.243. The van der Waals surface area contributed by atoms with Gasteiger partial charge in [0.15, 0.2) is 0 Å². The Hall–Kier alpha value is -0.560. The molecule has 2 unspecified atom stereocenters. The Bertz CT molecular complexity index is 263. The molecule has 0 spiro atoms. The molecule has 1 nitrogen and oxygen atoms in total. The maximum absolute atomic E-state index is 5.82. The first-order valence-corrected chi connectivity index (χ1v) is 7.30. The molecule has 0 saturated carbocycles. The van der Waals surface area contributed by atoms with Crippen molar-refractivity contribution in [2.24, 2.45) is 23.0 Å². The van der Waals surface area contributed by atoms with Gasteiger partial charge in [-0.1, -0.05) is 45.4 Å². The Balaban J connectivity index is 4.08. The smallest absolute Gasteiger partial charge is 0.00232 e. The van der Waals surface area contributed by atoms with E-state index in [2.05, 4.69) is 47.3 Å². The minimum Gasteiger partial charge on any atom is -0.330 e. The molecule has 0 fully saturated rings. The molecule has 0 aliphatic rings. The van der Waals surface area contributed by atoms with Gasteiger partial charge >= 0.3 is 0 Å². The van der Waals surface area contributed by atoms with Crippen LogP contribution in [-0.2, 0) is 0 Å². The van der Waals surface area contributed by atoms with E-state index in [4.69, 9.17) is 5.73 Å². The van der Waals surface area contributed by atoms with Crippen molar-refractivity contribution in [3.05, 3.63) is 24.3 Å². The highest BCUT2D eigenvalue weighted by atomic mass is 14.6. The first kappa shape index (κ1) is 17.4. The Labute approximate surface area is 115 Å². The molecule has 0 aliphatic carbocycles. The fourth-order valence-electron chi connectivity index (χ4n) is 1.88. The number of nitrogens with two attached hydrogens (primary N) is 1. The molecule has 0 heterocycles. The third-order valence-electron chi connectivity index (χ3n) is 4.28. The molecule has 0 amide bonds. The van der Waals surface area contributed by atoms with Crippen LogP contribution in [0.2, 0.25) is 0 Å². The summed E-state index contributed by atoms with van der Waals surface area (Å²) in [7, 11) is 0. The van der Waals surface area contributed by atoms with Crippen LogP contribution < -0.4 is 5.73 Å². The molecule has 2 N–H and O–H groups in total. The summed E-state index contributed by atoms with van der Waals surface area (Å²) in [6.45, 7) is 15.9. The maximum Gasteiger partial charge on any atom is -0.00232 e. The van der Waals surface area contributed by atoms with Gasteiger partial charge in [0.1, 0.15) is 0 Å². The van der Waals surface area contributed by atoms with Crippen molar-refractivity contribution in [2.75, 3.05) is 6.54 Å². The lowest BCUT2D eigenvalue weighted by Crippen LogP contribution is -2.30. The van der Waals surface area contributed by atoms with Crippen molar-refractivity contribution in [3.63, 3.8) is 0 Å². The zero-order valence-electron chi connectivity index (χ0n) is 13.1. The standard InChI is InChI=1S/C17H33N/c1-7-8-14(2)9-10-15(3)11-12-16(4)17(5,6)13-18/h7,11,14,16H,1,8-10,12-13,18H2,2-6H3. The molecular formula is C17H33N. The van der Waals surface area contributed by atoms with Gasteiger partial charge in [-0.15, -0.1) is 6.58 Å². The Morgan fingerprint density at radius 1 is 1.28 bits per heavy atom. The topological polar surface area (TPSA) is 26.0 Å². The van der Waals surface area contributed by atoms with E-state index in [1.54, 1.807) is 0 Å². The van der Waals surface area contributed by atoms with Crippen LogP contribution in [-0.4, -0.2) is 6.54 Å². The van der Waals surface area contributed by atoms with Gasteiger partial charge in [-0.2, -0.15) is 0 Å². The van der Waals surface area contributed by atoms with Gasteiger partial charge < -0.3 is 5.73 Å². The van der Waals surface area contributed by atoms with Gasteiger partial charge in [0.25, 0.3) is 0 Å². The first-order valence-electron chi connectivity index (χ1n) is 7.30. The normalized spacial score (nSPS) is 16.4. The molecule has 1 heteroatoms. The van der Waals surface area contributed by atoms with Crippen molar-refractivity contribution in [1.29, 1.82) is 0 Å². The van der Waals surface area contributed by atoms with Crippen molar-refractivity contribution < 1.29 is 0 Å². The van der Waals surface area contributed by atoms with Crippen LogP contribution in [0.15, 0.2) is 24.3 Å². The highest BCUT2D eigenvalue weighted by Crippen LogP contribution is 2.28. The van der Waals surface area contributed by atoms with Crippen molar-refractivity contribution in [2.45, 2.75) is 60.3 Å². The summed E-state index contributed by atoms with van der Waals surface area (Å²) >= 11 is 0. The summed E-state index contributed by atoms with van der Waals surface area (Å²) in [5, 5.41) is 0. The average molecular weight is 251 g/mol. The van der Waals surface area contributed by atoms with Crippen LogP contribution >= 0.6 is 0 Å². The van der Waals surface area contributed by atoms with E-state index >= 15 is 0 Å². The van der Waals surface area contributed by atoms with Crippen LogP contribution in [0, 0.1) is 17.3 Å². The molecule has 0 saturated heterocycles. The van der Waals surface area contributed by atoms with Gasteiger partial charge in [-0.25, -0.2) is 0 Å². The molecule has 18 heavy (non-hydrogen) atoms. The predicted molar refractivity (Wildman–Crippen MR) is 83.6 cm³/mol. The lowest BCUT2D eigenvalue weighted by molar-refractivity contribution is 0.243. The number of hydrogen-bond acceptors (Lipinski definition) is 1. The van der Waals surface area contributed by atoms with Crippen LogP contribution in [0.3, 0.4) is 0 Å². The SMILES string of the molecule is C=CCC(C)CCC(C)=CCC(C)C(C)(C)CN. The second-order valence-corrected chi connectivity index (χ2v) is 6.55. The first-order chi connectivity index (χ1) is 8.33. The van der Waals surface area contributed by atoms with Crippen LogP contribution in [0.25, 0.3) is 0 Å². The molecule has 0 aromatic rings. The van der Waals surface area contributed by atoms with Gasteiger partial charge in [0.05, 0.1) is 0 Å². The predicted octanol–water partition coefficient (Wildman–Crippen LogP) is 4.94. The molecule has 0 radical (unpaired) electrons. The van der Waals surface area contributed by atoms with E-state index in [9.17, 15) is 0 Å². The molecule has 0 rings (SSSR count). The number of rotatable bonds is 9. The maximum atomic E-state index is 5.82. The molecule has 0 aliphatic heterocycles. The second-order valence-electron chi connectivity index (χ2n) is 6.55. The second kappa shape index (κ2) is 8.53. The highest BCUT2D eigenvalue weighted by molar-refractivity contribution is 5.00. The Kier molecular flexibility index (Phi) is 8.26. The monoisotopic (exact) mass is 251 g/mol. The minimum absolute atomic E-state index is 0.243. The summed E-state index contributed by atoms with van der Waals surface area (Å²) in [6.07, 6.45) is 9.18. The van der Waals surface area contributed by atoms with Crippen molar-refractivity contribution in [3.8, 4) is 0 Å². The summed E-state index contributed by atoms with van der Waals surface area (Å²) in [6, 6.07) is 0. The van der Waals surface area contributed by atoms with Crippen LogP contribution in [0.4, 0.5) is 0 Å². The van der Waals surface area contributed by atoms with Gasteiger partial charge in [-0.3, -0.25) is 0 Å². The Morgan fingerprint density at radius 2 is 1.89 bits per heavy atom. The molecule has 0 aromatic carbocycles. The lowest BCUT2D eigenvalue weighted by atomic mass is 9.78. The molecule has 106 valence electrons. The van der Waals surface area contributed by atoms with Gasteiger partial charge in [0.2, 0.25) is 0 Å². The van der Waals surface area contributed by atoms with E-state index in [1.165, 1.54) is 18.4 Å². The summed E-state index contributed by atoms with van der Waals surface area (Å²) < 4.78 is 0. The summed E-state index contributed by atoms with van der Waals surface area (Å²) in [4.78, 5) is 0. The highest BCUT2D eigenvalue weighted by Gasteiger charge is 2.22. The third-order valence-corrected chi connectivity index (χ3v) is 4.28. The lowest BCUT2D eigenvalue weighted by Gasteiger charge is -2.29. The Morgan fingerprint density at radius 3 is 2.39 bits per heavy atom. The summed E-state index contributed by atoms with van der Waals surface area (Å²) in [5.74, 6) is 1.40. The van der Waals surface area contributed by atoms with Gasteiger partial charge in [-0.05, 0) is 56.4 Å². The average Bonchev–Trinajstić information content (AvgIpc) is 2.33. The quantitative estimate of drug-likeness (QED) is 0.577. The van der Waals surface area contributed by atoms with Gasteiger partial charge in [0, 0.05) is 0 Å². The van der Waals surface area contributed by atoms with E-state index in [0.29, 0.717) is 5.92 Å². The zero-order valence-corrected chi connectivity index (χ0v) is 13.1. The fourth-order valence-corrected chi connectivity index (χ4v) is 1.88. The number of allylic oxidation sites excluding steroid dienone is 3. The molecule has 2 atom stereocenters. The summed E-state index contributed by atoms with van der Waals surface area (Å²) in [5.41, 5.74) is 7.58. The van der Waals surface area contributed by atoms with E-state index in [1.807, 2.05) is 6.08 Å². The fraction of sp³-hybridized carbons (Fsp3) is 0.765. The molecular weight excluding hydrogens is 218 g/mol. The van der Waals surface area contributed by atoms with Crippen LogP contribution in [0.1, 0.15) is 60.3 Å².